The molecule has 0 unspecified atom stereocenters. The average Bonchev–Trinajstić information content (AvgIpc) is 3.11. The van der Waals surface area contributed by atoms with Crippen molar-refractivity contribution in [2.45, 2.75) is 19.9 Å². The normalized spacial score (nSPS) is 10.8. The van der Waals surface area contributed by atoms with Gasteiger partial charge in [-0.2, -0.15) is 0 Å². The fourth-order valence-corrected chi connectivity index (χ4v) is 3.33. The monoisotopic (exact) mass is 357 g/mol. The zero-order valence-electron chi connectivity index (χ0n) is 14.2. The topological polar surface area (TPSA) is 59.8 Å². The number of likely N-dealkylation sites (N-methyl/N-ethyl adjacent to an activating group) is 1. The molecule has 0 N–H and O–H groups in total. The van der Waals surface area contributed by atoms with Crippen molar-refractivity contribution in [3.05, 3.63) is 62.6 Å². The lowest BCUT2D eigenvalue weighted by Crippen LogP contribution is -2.30. The van der Waals surface area contributed by atoms with Crippen LogP contribution in [0.5, 0.6) is 5.75 Å². The summed E-state index contributed by atoms with van der Waals surface area (Å²) in [5, 5.41) is 2.87. The summed E-state index contributed by atoms with van der Waals surface area (Å²) >= 11 is 1.61. The Bertz CT molecular complexity index is 930. The van der Waals surface area contributed by atoms with Crippen molar-refractivity contribution in [3.8, 4) is 5.75 Å². The third-order valence-corrected chi connectivity index (χ3v) is 4.80. The molecule has 0 aliphatic heterocycles. The average molecular weight is 357 g/mol. The first-order chi connectivity index (χ1) is 12.1. The lowest BCUT2D eigenvalue weighted by Gasteiger charge is -2.16. The predicted molar refractivity (Wildman–Crippen MR) is 98.2 cm³/mol. The number of hydrogen-bond donors (Lipinski definition) is 0. The molecule has 3 rings (SSSR count). The Balaban J connectivity index is 1.68. The van der Waals surface area contributed by atoms with Crippen molar-refractivity contribution in [1.29, 1.82) is 0 Å². The van der Waals surface area contributed by atoms with Crippen LogP contribution in [-0.4, -0.2) is 24.5 Å². The molecule has 5 nitrogen and oxygen atoms in total. The van der Waals surface area contributed by atoms with Crippen LogP contribution in [0.2, 0.25) is 0 Å². The van der Waals surface area contributed by atoms with E-state index in [1.54, 1.807) is 35.4 Å². The van der Waals surface area contributed by atoms with Gasteiger partial charge in [0.15, 0.2) is 6.61 Å². The highest BCUT2D eigenvalue weighted by Crippen LogP contribution is 2.23. The van der Waals surface area contributed by atoms with Gasteiger partial charge in [0.1, 0.15) is 11.3 Å². The van der Waals surface area contributed by atoms with Gasteiger partial charge in [0, 0.05) is 29.4 Å². The van der Waals surface area contributed by atoms with E-state index in [1.165, 1.54) is 6.07 Å². The van der Waals surface area contributed by atoms with Crippen LogP contribution in [-0.2, 0) is 17.8 Å². The van der Waals surface area contributed by atoms with Gasteiger partial charge >= 0.3 is 5.63 Å². The summed E-state index contributed by atoms with van der Waals surface area (Å²) in [5.41, 5.74) is 1.03. The zero-order chi connectivity index (χ0) is 17.8. The Kier molecular flexibility index (Phi) is 5.19. The molecule has 0 saturated carbocycles. The van der Waals surface area contributed by atoms with Crippen LogP contribution in [0.1, 0.15) is 17.4 Å². The van der Waals surface area contributed by atoms with E-state index >= 15 is 0 Å². The smallest absolute Gasteiger partial charge is 0.336 e. The molecule has 0 spiro atoms. The van der Waals surface area contributed by atoms with E-state index in [9.17, 15) is 9.59 Å². The molecule has 6 heteroatoms. The molecule has 0 aliphatic rings. The van der Waals surface area contributed by atoms with E-state index in [-0.39, 0.29) is 18.1 Å². The van der Waals surface area contributed by atoms with Crippen LogP contribution in [0.3, 0.4) is 0 Å². The number of ether oxygens (including phenoxy) is 1. The van der Waals surface area contributed by atoms with E-state index in [1.807, 2.05) is 30.5 Å². The van der Waals surface area contributed by atoms with E-state index in [4.69, 9.17) is 9.15 Å². The van der Waals surface area contributed by atoms with Gasteiger partial charge in [-0.3, -0.25) is 4.79 Å². The van der Waals surface area contributed by atoms with Crippen LogP contribution in [0.4, 0.5) is 0 Å². The largest absolute Gasteiger partial charge is 0.484 e. The Labute approximate surface area is 149 Å². The first-order valence-electron chi connectivity index (χ1n) is 8.02. The second-order valence-corrected chi connectivity index (χ2v) is 6.75. The Morgan fingerprint density at radius 3 is 2.84 bits per heavy atom. The van der Waals surface area contributed by atoms with Gasteiger partial charge in [-0.15, -0.1) is 11.3 Å². The first kappa shape index (κ1) is 17.2. The van der Waals surface area contributed by atoms with E-state index < -0.39 is 0 Å². The standard InChI is InChI=1S/C19H19NO4S/c1-3-13-9-19(22)24-17-10-14(6-7-16(13)17)23-12-18(21)20(2)11-15-5-4-8-25-15/h4-10H,3,11-12H2,1-2H3. The number of benzene rings is 1. The van der Waals surface area contributed by atoms with Crippen molar-refractivity contribution in [2.24, 2.45) is 0 Å². The van der Waals surface area contributed by atoms with Crippen LogP contribution >= 0.6 is 11.3 Å². The quantitative estimate of drug-likeness (QED) is 0.634. The zero-order valence-corrected chi connectivity index (χ0v) is 15.0. The molecule has 1 amide bonds. The maximum atomic E-state index is 12.2. The lowest BCUT2D eigenvalue weighted by molar-refractivity contribution is -0.132. The fourth-order valence-electron chi connectivity index (χ4n) is 2.57. The van der Waals surface area contributed by atoms with Gasteiger partial charge in [-0.05, 0) is 35.6 Å². The summed E-state index contributed by atoms with van der Waals surface area (Å²) in [6.45, 7) is 2.48. The minimum absolute atomic E-state index is 0.0644. The lowest BCUT2D eigenvalue weighted by atomic mass is 10.1. The predicted octanol–water partition coefficient (Wildman–Crippen LogP) is 3.45. The highest BCUT2D eigenvalue weighted by Gasteiger charge is 2.12. The molecule has 0 saturated heterocycles. The second kappa shape index (κ2) is 7.53. The Hall–Kier alpha value is -2.60. The number of carbonyl (C=O) groups excluding carboxylic acids is 1. The molecule has 25 heavy (non-hydrogen) atoms. The molecule has 0 atom stereocenters. The number of thiophene rings is 1. The van der Waals surface area contributed by atoms with Crippen molar-refractivity contribution in [3.63, 3.8) is 0 Å². The summed E-state index contributed by atoms with van der Waals surface area (Å²) in [4.78, 5) is 26.6. The third kappa shape index (κ3) is 4.09. The fraction of sp³-hybridized carbons (Fsp3) is 0.263. The van der Waals surface area contributed by atoms with E-state index in [0.29, 0.717) is 17.9 Å². The molecular weight excluding hydrogens is 338 g/mol. The molecule has 0 fully saturated rings. The molecule has 2 heterocycles. The van der Waals surface area contributed by atoms with Gasteiger partial charge in [-0.1, -0.05) is 13.0 Å². The molecule has 0 radical (unpaired) electrons. The number of amides is 1. The number of aryl methyl sites for hydroxylation is 1. The summed E-state index contributed by atoms with van der Waals surface area (Å²) in [6, 6.07) is 10.8. The SMILES string of the molecule is CCc1cc(=O)oc2cc(OCC(=O)N(C)Cc3cccs3)ccc12. The summed E-state index contributed by atoms with van der Waals surface area (Å²) in [7, 11) is 1.75. The maximum absolute atomic E-state index is 12.2. The second-order valence-electron chi connectivity index (χ2n) is 5.72. The minimum atomic E-state index is -0.381. The molecular formula is C19H19NO4S. The van der Waals surface area contributed by atoms with E-state index in [0.717, 1.165) is 22.2 Å². The van der Waals surface area contributed by atoms with Crippen molar-refractivity contribution < 1.29 is 13.9 Å². The number of hydrogen-bond acceptors (Lipinski definition) is 5. The number of rotatable bonds is 6. The van der Waals surface area contributed by atoms with Crippen molar-refractivity contribution >= 4 is 28.2 Å². The van der Waals surface area contributed by atoms with Crippen LogP contribution in [0.15, 0.2) is 51.0 Å². The molecule has 0 aliphatic carbocycles. The highest BCUT2D eigenvalue weighted by molar-refractivity contribution is 7.09. The van der Waals surface area contributed by atoms with Gasteiger partial charge in [0.25, 0.3) is 5.91 Å². The van der Waals surface area contributed by atoms with E-state index in [2.05, 4.69) is 0 Å². The molecule has 3 aromatic rings. The van der Waals surface area contributed by atoms with Gasteiger partial charge in [-0.25, -0.2) is 4.79 Å². The summed E-state index contributed by atoms with van der Waals surface area (Å²) in [6.07, 6.45) is 0.744. The first-order valence-corrected chi connectivity index (χ1v) is 8.90. The van der Waals surface area contributed by atoms with Gasteiger partial charge in [0.2, 0.25) is 0 Å². The summed E-state index contributed by atoms with van der Waals surface area (Å²) < 4.78 is 10.8. The number of fused-ring (bicyclic) bond motifs is 1. The Morgan fingerprint density at radius 1 is 1.28 bits per heavy atom. The minimum Gasteiger partial charge on any atom is -0.484 e. The highest BCUT2D eigenvalue weighted by atomic mass is 32.1. The number of nitrogens with zero attached hydrogens (tertiary/aromatic N) is 1. The van der Waals surface area contributed by atoms with Gasteiger partial charge < -0.3 is 14.1 Å². The molecule has 1 aromatic carbocycles. The molecule has 2 aromatic heterocycles. The van der Waals surface area contributed by atoms with Crippen molar-refractivity contribution in [2.75, 3.05) is 13.7 Å². The third-order valence-electron chi connectivity index (χ3n) is 3.94. The maximum Gasteiger partial charge on any atom is 0.336 e. The molecule has 0 bridgehead atoms. The van der Waals surface area contributed by atoms with Crippen LogP contribution in [0.25, 0.3) is 11.0 Å². The molecule has 130 valence electrons. The van der Waals surface area contributed by atoms with Crippen molar-refractivity contribution in [1.82, 2.24) is 4.90 Å². The van der Waals surface area contributed by atoms with Crippen LogP contribution < -0.4 is 10.4 Å². The Morgan fingerprint density at radius 2 is 2.12 bits per heavy atom. The van der Waals surface area contributed by atoms with Gasteiger partial charge in [0.05, 0.1) is 6.54 Å². The van der Waals surface area contributed by atoms with Crippen LogP contribution in [0, 0.1) is 0 Å². The summed E-state index contributed by atoms with van der Waals surface area (Å²) in [5.74, 6) is 0.388. The number of carbonyl (C=O) groups is 1.